The number of aliphatic hydroxyl groups is 1. The van der Waals surface area contributed by atoms with Crippen molar-refractivity contribution < 1.29 is 9.50 Å². The smallest absolute Gasteiger partial charge is 0.126 e. The number of hydrogen-bond acceptors (Lipinski definition) is 2. The lowest BCUT2D eigenvalue weighted by Gasteiger charge is -2.11. The standard InChI is InChI=1S/C13H12BrFOS/c1-8-6-17-7-11(8)13(16)5-9-4-10(14)2-3-12(9)15/h2-4,6-7,13,16H,5H2,1H3. The van der Waals surface area contributed by atoms with E-state index < -0.39 is 6.10 Å². The maximum Gasteiger partial charge on any atom is 0.126 e. The molecule has 17 heavy (non-hydrogen) atoms. The monoisotopic (exact) mass is 314 g/mol. The van der Waals surface area contributed by atoms with Gasteiger partial charge in [0, 0.05) is 10.9 Å². The van der Waals surface area contributed by atoms with Crippen LogP contribution in [-0.4, -0.2) is 5.11 Å². The van der Waals surface area contributed by atoms with Gasteiger partial charge in [0.15, 0.2) is 0 Å². The molecule has 1 nitrogen and oxygen atoms in total. The molecule has 1 atom stereocenters. The van der Waals surface area contributed by atoms with Crippen molar-refractivity contribution in [3.8, 4) is 0 Å². The SMILES string of the molecule is Cc1cscc1C(O)Cc1cc(Br)ccc1F. The molecule has 0 aliphatic heterocycles. The van der Waals surface area contributed by atoms with Gasteiger partial charge in [-0.25, -0.2) is 4.39 Å². The molecule has 0 aliphatic carbocycles. The summed E-state index contributed by atoms with van der Waals surface area (Å²) < 4.78 is 14.4. The second-order valence-electron chi connectivity index (χ2n) is 3.97. The molecule has 0 fully saturated rings. The molecule has 1 heterocycles. The summed E-state index contributed by atoms with van der Waals surface area (Å²) in [5, 5.41) is 14.0. The van der Waals surface area contributed by atoms with Crippen molar-refractivity contribution in [2.75, 3.05) is 0 Å². The fraction of sp³-hybridized carbons (Fsp3) is 0.231. The minimum absolute atomic E-state index is 0.278. The van der Waals surface area contributed by atoms with Gasteiger partial charge in [-0.3, -0.25) is 0 Å². The second kappa shape index (κ2) is 5.29. The summed E-state index contributed by atoms with van der Waals surface area (Å²) in [6.45, 7) is 1.95. The Bertz CT molecular complexity index is 524. The van der Waals surface area contributed by atoms with Crippen LogP contribution in [0.2, 0.25) is 0 Å². The summed E-state index contributed by atoms with van der Waals surface area (Å²) in [5.41, 5.74) is 2.46. The van der Waals surface area contributed by atoms with Crippen LogP contribution in [0.5, 0.6) is 0 Å². The molecule has 1 N–H and O–H groups in total. The largest absolute Gasteiger partial charge is 0.388 e. The number of thiophene rings is 1. The van der Waals surface area contributed by atoms with Crippen molar-refractivity contribution in [1.82, 2.24) is 0 Å². The average molecular weight is 315 g/mol. The van der Waals surface area contributed by atoms with Crippen molar-refractivity contribution in [2.45, 2.75) is 19.4 Å². The first-order chi connectivity index (χ1) is 8.08. The summed E-state index contributed by atoms with van der Waals surface area (Å²) in [7, 11) is 0. The summed E-state index contributed by atoms with van der Waals surface area (Å²) in [5.74, 6) is -0.278. The highest BCUT2D eigenvalue weighted by Gasteiger charge is 2.14. The van der Waals surface area contributed by atoms with E-state index in [2.05, 4.69) is 15.9 Å². The Labute approximate surface area is 112 Å². The highest BCUT2D eigenvalue weighted by atomic mass is 79.9. The normalized spacial score (nSPS) is 12.7. The maximum absolute atomic E-state index is 13.5. The molecule has 0 amide bonds. The van der Waals surface area contributed by atoms with Gasteiger partial charge in [-0.1, -0.05) is 15.9 Å². The van der Waals surface area contributed by atoms with Gasteiger partial charge in [0.25, 0.3) is 0 Å². The van der Waals surface area contributed by atoms with E-state index in [1.54, 1.807) is 23.5 Å². The quantitative estimate of drug-likeness (QED) is 0.898. The van der Waals surface area contributed by atoms with E-state index in [1.165, 1.54) is 6.07 Å². The zero-order valence-corrected chi connectivity index (χ0v) is 11.7. The minimum Gasteiger partial charge on any atom is -0.388 e. The van der Waals surface area contributed by atoms with Crippen LogP contribution in [0.3, 0.4) is 0 Å². The van der Waals surface area contributed by atoms with Gasteiger partial charge in [-0.05, 0) is 52.6 Å². The number of aliphatic hydroxyl groups excluding tert-OH is 1. The second-order valence-corrected chi connectivity index (χ2v) is 5.63. The molecule has 1 unspecified atom stereocenters. The lowest BCUT2D eigenvalue weighted by molar-refractivity contribution is 0.177. The number of benzene rings is 1. The number of halogens is 2. The third kappa shape index (κ3) is 2.94. The molecule has 1 aromatic heterocycles. The van der Waals surface area contributed by atoms with Crippen molar-refractivity contribution in [1.29, 1.82) is 0 Å². The Kier molecular flexibility index (Phi) is 3.97. The van der Waals surface area contributed by atoms with Gasteiger partial charge in [0.1, 0.15) is 5.82 Å². The van der Waals surface area contributed by atoms with E-state index in [9.17, 15) is 9.50 Å². The van der Waals surface area contributed by atoms with Crippen LogP contribution in [0.1, 0.15) is 22.8 Å². The first kappa shape index (κ1) is 12.7. The number of rotatable bonds is 3. The molecular weight excluding hydrogens is 303 g/mol. The van der Waals surface area contributed by atoms with Gasteiger partial charge in [-0.15, -0.1) is 0 Å². The molecule has 0 radical (unpaired) electrons. The molecule has 0 aliphatic rings. The molecular formula is C13H12BrFOS. The first-order valence-electron chi connectivity index (χ1n) is 5.22. The van der Waals surface area contributed by atoms with E-state index in [0.717, 1.165) is 15.6 Å². The van der Waals surface area contributed by atoms with Crippen LogP contribution in [0.15, 0.2) is 33.4 Å². The molecule has 4 heteroatoms. The Morgan fingerprint density at radius 2 is 2.18 bits per heavy atom. The fourth-order valence-corrected chi connectivity index (χ4v) is 3.04. The number of hydrogen-bond donors (Lipinski definition) is 1. The Morgan fingerprint density at radius 3 is 2.82 bits per heavy atom. The van der Waals surface area contributed by atoms with Crippen LogP contribution in [0.25, 0.3) is 0 Å². The van der Waals surface area contributed by atoms with E-state index in [0.29, 0.717) is 12.0 Å². The maximum atomic E-state index is 13.5. The lowest BCUT2D eigenvalue weighted by Crippen LogP contribution is -2.03. The molecule has 0 spiro atoms. The summed E-state index contributed by atoms with van der Waals surface area (Å²) in [4.78, 5) is 0. The van der Waals surface area contributed by atoms with Gasteiger partial charge in [0.2, 0.25) is 0 Å². The lowest BCUT2D eigenvalue weighted by atomic mass is 10.0. The summed E-state index contributed by atoms with van der Waals surface area (Å²) in [6.07, 6.45) is -0.354. The van der Waals surface area contributed by atoms with Gasteiger partial charge < -0.3 is 5.11 Å². The van der Waals surface area contributed by atoms with E-state index >= 15 is 0 Å². The predicted molar refractivity (Wildman–Crippen MR) is 71.8 cm³/mol. The summed E-state index contributed by atoms with van der Waals surface area (Å²) >= 11 is 4.85. The highest BCUT2D eigenvalue weighted by Crippen LogP contribution is 2.26. The van der Waals surface area contributed by atoms with Crippen molar-refractivity contribution in [3.63, 3.8) is 0 Å². The zero-order valence-electron chi connectivity index (χ0n) is 9.28. The molecule has 2 aromatic rings. The van der Waals surface area contributed by atoms with Crippen molar-refractivity contribution in [3.05, 3.63) is 55.9 Å². The van der Waals surface area contributed by atoms with Gasteiger partial charge in [0.05, 0.1) is 6.10 Å². The van der Waals surface area contributed by atoms with Crippen molar-refractivity contribution in [2.24, 2.45) is 0 Å². The van der Waals surface area contributed by atoms with Crippen LogP contribution >= 0.6 is 27.3 Å². The third-order valence-electron chi connectivity index (χ3n) is 2.68. The minimum atomic E-state index is -0.648. The van der Waals surface area contributed by atoms with E-state index in [4.69, 9.17) is 0 Å². The summed E-state index contributed by atoms with van der Waals surface area (Å²) in [6, 6.07) is 4.77. The molecule has 90 valence electrons. The van der Waals surface area contributed by atoms with Crippen molar-refractivity contribution >= 4 is 27.3 Å². The Morgan fingerprint density at radius 1 is 1.41 bits per heavy atom. The van der Waals surface area contributed by atoms with Gasteiger partial charge >= 0.3 is 0 Å². The molecule has 0 bridgehead atoms. The molecule has 1 aromatic carbocycles. The fourth-order valence-electron chi connectivity index (χ4n) is 1.73. The van der Waals surface area contributed by atoms with Crippen LogP contribution in [0.4, 0.5) is 4.39 Å². The Balaban J connectivity index is 2.21. The number of aryl methyl sites for hydroxylation is 1. The van der Waals surface area contributed by atoms with E-state index in [-0.39, 0.29) is 5.82 Å². The van der Waals surface area contributed by atoms with Crippen LogP contribution in [0, 0.1) is 12.7 Å². The van der Waals surface area contributed by atoms with Crippen LogP contribution < -0.4 is 0 Å². The molecule has 0 saturated heterocycles. The molecule has 0 saturated carbocycles. The third-order valence-corrected chi connectivity index (χ3v) is 4.05. The van der Waals surface area contributed by atoms with E-state index in [1.807, 2.05) is 17.7 Å². The Hall–Kier alpha value is -0.710. The van der Waals surface area contributed by atoms with Gasteiger partial charge in [-0.2, -0.15) is 11.3 Å². The first-order valence-corrected chi connectivity index (χ1v) is 6.96. The molecule has 2 rings (SSSR count). The van der Waals surface area contributed by atoms with Crippen LogP contribution in [-0.2, 0) is 6.42 Å². The zero-order chi connectivity index (χ0) is 12.4. The topological polar surface area (TPSA) is 20.2 Å². The predicted octanol–water partition coefficient (Wildman–Crippen LogP) is 4.23. The highest BCUT2D eigenvalue weighted by molar-refractivity contribution is 9.10. The average Bonchev–Trinajstić information content (AvgIpc) is 2.70.